The van der Waals surface area contributed by atoms with E-state index in [0.29, 0.717) is 5.82 Å². The molecule has 11 aromatic rings. The molecule has 246 valence electrons. The third-order valence-corrected chi connectivity index (χ3v) is 10.8. The minimum atomic E-state index is 0.714. The lowest BCUT2D eigenvalue weighted by atomic mass is 9.93. The molecule has 2 aromatic heterocycles. The van der Waals surface area contributed by atoms with Crippen molar-refractivity contribution in [2.24, 2.45) is 0 Å². The van der Waals surface area contributed by atoms with E-state index in [1.165, 1.54) is 64.9 Å². The van der Waals surface area contributed by atoms with Crippen LogP contribution in [0.25, 0.3) is 104 Å². The maximum absolute atomic E-state index is 5.10. The third-order valence-electron chi connectivity index (χ3n) is 10.8. The zero-order chi connectivity index (χ0) is 34.9. The zero-order valence-electron chi connectivity index (χ0n) is 28.7. The topological polar surface area (TPSA) is 30.7 Å². The van der Waals surface area contributed by atoms with Gasteiger partial charge in [0.25, 0.3) is 0 Å². The lowest BCUT2D eigenvalue weighted by Crippen LogP contribution is -1.97. The van der Waals surface area contributed by atoms with E-state index >= 15 is 0 Å². The van der Waals surface area contributed by atoms with Gasteiger partial charge in [0.05, 0.1) is 22.4 Å². The van der Waals surface area contributed by atoms with E-state index in [1.54, 1.807) is 0 Å². The molecule has 0 aliphatic heterocycles. The van der Waals surface area contributed by atoms with Gasteiger partial charge in [0, 0.05) is 38.5 Å². The second-order valence-electron chi connectivity index (χ2n) is 13.8. The lowest BCUT2D eigenvalue weighted by Gasteiger charge is -2.13. The summed E-state index contributed by atoms with van der Waals surface area (Å²) in [7, 11) is 0. The van der Waals surface area contributed by atoms with E-state index < -0.39 is 0 Å². The summed E-state index contributed by atoms with van der Waals surface area (Å²) in [4.78, 5) is 10.1. The predicted octanol–water partition coefficient (Wildman–Crippen LogP) is 13.2. The molecule has 53 heavy (non-hydrogen) atoms. The van der Waals surface area contributed by atoms with Crippen molar-refractivity contribution in [1.82, 2.24) is 14.5 Å². The van der Waals surface area contributed by atoms with Crippen LogP contribution in [0.1, 0.15) is 0 Å². The molecule has 0 saturated heterocycles. The van der Waals surface area contributed by atoms with Crippen molar-refractivity contribution in [2.75, 3.05) is 0 Å². The standard InChI is InChI=1S/C50H31N3/c1-3-14-33(15-4-1)46-31-47(52-50(51-46)35-16-5-2-6-17-35)34-23-26-36(27-24-34)53-48-30-44-41-22-12-10-20-39(41)38-19-9-11-21-40(38)43(44)29-45(48)42-28-25-32-13-7-8-18-37(32)49(42)53/h1-31H. The smallest absolute Gasteiger partial charge is 0.160 e. The average Bonchev–Trinajstić information content (AvgIpc) is 3.57. The Morgan fingerprint density at radius 2 is 0.830 bits per heavy atom. The Morgan fingerprint density at radius 1 is 0.321 bits per heavy atom. The molecule has 0 aliphatic carbocycles. The highest BCUT2D eigenvalue weighted by Gasteiger charge is 2.19. The average molecular weight is 674 g/mol. The van der Waals surface area contributed by atoms with Crippen molar-refractivity contribution in [3.05, 3.63) is 188 Å². The molecule has 0 spiro atoms. The first kappa shape index (κ1) is 29.6. The van der Waals surface area contributed by atoms with Gasteiger partial charge in [0.2, 0.25) is 0 Å². The molecule has 2 heterocycles. The minimum Gasteiger partial charge on any atom is -0.309 e. The van der Waals surface area contributed by atoms with Crippen LogP contribution in [0, 0.1) is 0 Å². The minimum absolute atomic E-state index is 0.714. The van der Waals surface area contributed by atoms with E-state index in [-0.39, 0.29) is 0 Å². The van der Waals surface area contributed by atoms with Crippen LogP contribution >= 0.6 is 0 Å². The highest BCUT2D eigenvalue weighted by atomic mass is 15.0. The molecule has 0 aliphatic rings. The summed E-state index contributed by atoms with van der Waals surface area (Å²) < 4.78 is 2.46. The molecule has 11 rings (SSSR count). The van der Waals surface area contributed by atoms with Gasteiger partial charge in [-0.2, -0.15) is 0 Å². The Labute approximate surface area is 306 Å². The molecular formula is C50H31N3. The first-order valence-corrected chi connectivity index (χ1v) is 18.1. The van der Waals surface area contributed by atoms with E-state index in [0.717, 1.165) is 33.8 Å². The Kier molecular flexibility index (Phi) is 6.55. The molecule has 0 atom stereocenters. The van der Waals surface area contributed by atoms with Crippen molar-refractivity contribution < 1.29 is 0 Å². The van der Waals surface area contributed by atoms with Gasteiger partial charge in [-0.3, -0.25) is 0 Å². The molecular weight excluding hydrogens is 643 g/mol. The Hall–Kier alpha value is -7.10. The second kappa shape index (κ2) is 11.7. The second-order valence-corrected chi connectivity index (χ2v) is 13.8. The fourth-order valence-electron chi connectivity index (χ4n) is 8.29. The Morgan fingerprint density at radius 3 is 1.47 bits per heavy atom. The van der Waals surface area contributed by atoms with Crippen LogP contribution in [0.5, 0.6) is 0 Å². The predicted molar refractivity (Wildman–Crippen MR) is 223 cm³/mol. The van der Waals surface area contributed by atoms with Gasteiger partial charge >= 0.3 is 0 Å². The summed E-state index contributed by atoms with van der Waals surface area (Å²) >= 11 is 0. The van der Waals surface area contributed by atoms with Crippen LogP contribution in [-0.4, -0.2) is 14.5 Å². The van der Waals surface area contributed by atoms with Crippen molar-refractivity contribution in [2.45, 2.75) is 0 Å². The van der Waals surface area contributed by atoms with Crippen LogP contribution in [-0.2, 0) is 0 Å². The monoisotopic (exact) mass is 673 g/mol. The molecule has 0 bridgehead atoms. The normalized spacial score (nSPS) is 11.8. The van der Waals surface area contributed by atoms with E-state index in [2.05, 4.69) is 168 Å². The van der Waals surface area contributed by atoms with Gasteiger partial charge in [-0.15, -0.1) is 0 Å². The maximum atomic E-state index is 5.10. The first-order valence-electron chi connectivity index (χ1n) is 18.1. The van der Waals surface area contributed by atoms with Gasteiger partial charge in [-0.1, -0.05) is 158 Å². The molecule has 3 nitrogen and oxygen atoms in total. The molecule has 0 unspecified atom stereocenters. The van der Waals surface area contributed by atoms with Crippen molar-refractivity contribution in [3.63, 3.8) is 0 Å². The number of hydrogen-bond acceptors (Lipinski definition) is 2. The van der Waals surface area contributed by atoms with Gasteiger partial charge in [-0.05, 0) is 68.0 Å². The summed E-state index contributed by atoms with van der Waals surface area (Å²) in [5, 5.41) is 12.6. The fraction of sp³-hybridized carbons (Fsp3) is 0. The van der Waals surface area contributed by atoms with E-state index in [4.69, 9.17) is 9.97 Å². The quantitative estimate of drug-likeness (QED) is 0.174. The summed E-state index contributed by atoms with van der Waals surface area (Å²) in [5.74, 6) is 0.714. The number of fused-ring (bicyclic) bond motifs is 11. The number of hydrogen-bond donors (Lipinski definition) is 0. The van der Waals surface area contributed by atoms with Gasteiger partial charge < -0.3 is 4.57 Å². The molecule has 0 saturated carbocycles. The summed E-state index contributed by atoms with van der Waals surface area (Å²) in [6.07, 6.45) is 0. The van der Waals surface area contributed by atoms with Gasteiger partial charge in [0.1, 0.15) is 0 Å². The maximum Gasteiger partial charge on any atom is 0.160 e. The SMILES string of the molecule is c1ccc(-c2cc(-c3ccc(-n4c5cc6c7ccccc7c7ccccc7c6cc5c5ccc6ccccc6c54)cc3)nc(-c3ccccc3)n2)cc1. The largest absolute Gasteiger partial charge is 0.309 e. The van der Waals surface area contributed by atoms with Crippen LogP contribution in [0.3, 0.4) is 0 Å². The number of nitrogens with zero attached hydrogens (tertiary/aromatic N) is 3. The van der Waals surface area contributed by atoms with Crippen LogP contribution in [0.4, 0.5) is 0 Å². The molecule has 0 radical (unpaired) electrons. The molecule has 3 heteroatoms. The Bertz CT molecular complexity index is 3140. The number of benzene rings is 9. The van der Waals surface area contributed by atoms with Crippen LogP contribution < -0.4 is 0 Å². The van der Waals surface area contributed by atoms with Gasteiger partial charge in [-0.25, -0.2) is 9.97 Å². The molecule has 0 fully saturated rings. The molecule has 9 aromatic carbocycles. The van der Waals surface area contributed by atoms with Gasteiger partial charge in [0.15, 0.2) is 5.82 Å². The highest BCUT2D eigenvalue weighted by molar-refractivity contribution is 6.29. The van der Waals surface area contributed by atoms with Crippen molar-refractivity contribution in [1.29, 1.82) is 0 Å². The Balaban J connectivity index is 1.16. The summed E-state index contributed by atoms with van der Waals surface area (Å²) in [5.41, 5.74) is 8.41. The molecule has 0 amide bonds. The number of aromatic nitrogens is 3. The van der Waals surface area contributed by atoms with E-state index in [1.807, 2.05) is 24.3 Å². The number of rotatable bonds is 4. The first-order chi connectivity index (χ1) is 26.3. The summed E-state index contributed by atoms with van der Waals surface area (Å²) in [6, 6.07) is 67.4. The van der Waals surface area contributed by atoms with Crippen molar-refractivity contribution >= 4 is 64.9 Å². The summed E-state index contributed by atoms with van der Waals surface area (Å²) in [6.45, 7) is 0. The zero-order valence-corrected chi connectivity index (χ0v) is 28.7. The fourth-order valence-corrected chi connectivity index (χ4v) is 8.29. The van der Waals surface area contributed by atoms with Crippen LogP contribution in [0.15, 0.2) is 188 Å². The molecule has 0 N–H and O–H groups in total. The lowest BCUT2D eigenvalue weighted by molar-refractivity contribution is 1.17. The third kappa shape index (κ3) is 4.68. The van der Waals surface area contributed by atoms with Crippen molar-refractivity contribution in [3.8, 4) is 39.6 Å². The highest BCUT2D eigenvalue weighted by Crippen LogP contribution is 2.42. The van der Waals surface area contributed by atoms with Crippen LogP contribution in [0.2, 0.25) is 0 Å². The van der Waals surface area contributed by atoms with E-state index in [9.17, 15) is 0 Å².